The Kier molecular flexibility index (Phi) is 8.33. The molecule has 2 amide bonds. The number of rotatable bonds is 7. The lowest BCUT2D eigenvalue weighted by Crippen LogP contribution is -2.53. The fourth-order valence-electron chi connectivity index (χ4n) is 2.78. The van der Waals surface area contributed by atoms with E-state index in [2.05, 4.69) is 21.2 Å². The van der Waals surface area contributed by atoms with Gasteiger partial charge in [0.25, 0.3) is 5.91 Å². The molecule has 0 bridgehead atoms. The Bertz CT molecular complexity index is 894. The zero-order valence-corrected chi connectivity index (χ0v) is 20.3. The van der Waals surface area contributed by atoms with E-state index in [9.17, 15) is 9.59 Å². The molecule has 7 heteroatoms. The Balaban J connectivity index is 2.17. The molecule has 162 valence electrons. The highest BCUT2D eigenvalue weighted by molar-refractivity contribution is 9.10. The van der Waals surface area contributed by atoms with Crippen LogP contribution in [0.1, 0.15) is 38.8 Å². The van der Waals surface area contributed by atoms with Crippen LogP contribution in [0.3, 0.4) is 0 Å². The van der Waals surface area contributed by atoms with Gasteiger partial charge in [0.15, 0.2) is 6.61 Å². The van der Waals surface area contributed by atoms with E-state index in [1.165, 1.54) is 4.90 Å². The number of carbonyl (C=O) groups excluding carboxylic acids is 2. The number of aryl methyl sites for hydroxylation is 1. The largest absolute Gasteiger partial charge is 0.484 e. The molecule has 0 unspecified atom stereocenters. The Morgan fingerprint density at radius 2 is 1.80 bits per heavy atom. The van der Waals surface area contributed by atoms with Crippen LogP contribution in [0.4, 0.5) is 0 Å². The zero-order chi connectivity index (χ0) is 22.5. The first kappa shape index (κ1) is 24.2. The molecule has 0 spiro atoms. The van der Waals surface area contributed by atoms with Gasteiger partial charge in [-0.25, -0.2) is 0 Å². The van der Waals surface area contributed by atoms with Gasteiger partial charge in [-0.3, -0.25) is 9.59 Å². The number of carbonyl (C=O) groups is 2. The summed E-state index contributed by atoms with van der Waals surface area (Å²) < 4.78 is 6.63. The average molecular weight is 496 g/mol. The molecule has 0 aliphatic rings. The first-order valence-corrected chi connectivity index (χ1v) is 10.9. The van der Waals surface area contributed by atoms with Crippen molar-refractivity contribution >= 4 is 39.3 Å². The fourth-order valence-corrected chi connectivity index (χ4v) is 3.16. The molecule has 5 nitrogen and oxygen atoms in total. The van der Waals surface area contributed by atoms with Crippen molar-refractivity contribution in [1.29, 1.82) is 0 Å². The van der Waals surface area contributed by atoms with Gasteiger partial charge in [-0.2, -0.15) is 0 Å². The summed E-state index contributed by atoms with van der Waals surface area (Å²) >= 11 is 9.46. The van der Waals surface area contributed by atoms with Crippen LogP contribution in [0.5, 0.6) is 5.75 Å². The van der Waals surface area contributed by atoms with Crippen LogP contribution < -0.4 is 10.1 Å². The molecule has 30 heavy (non-hydrogen) atoms. The number of amides is 2. The number of ether oxygens (including phenoxy) is 1. The minimum absolute atomic E-state index is 0.176. The van der Waals surface area contributed by atoms with Gasteiger partial charge in [0.05, 0.1) is 0 Å². The van der Waals surface area contributed by atoms with Crippen molar-refractivity contribution in [3.05, 3.63) is 63.1 Å². The molecule has 1 atom stereocenters. The van der Waals surface area contributed by atoms with E-state index in [-0.39, 0.29) is 18.4 Å². The van der Waals surface area contributed by atoms with Crippen LogP contribution >= 0.6 is 27.5 Å². The molecule has 2 aromatic carbocycles. The Morgan fingerprint density at radius 1 is 1.17 bits per heavy atom. The lowest BCUT2D eigenvalue weighted by molar-refractivity contribution is -0.142. The second-order valence-electron chi connectivity index (χ2n) is 8.26. The topological polar surface area (TPSA) is 58.6 Å². The van der Waals surface area contributed by atoms with E-state index in [0.29, 0.717) is 17.3 Å². The highest BCUT2D eigenvalue weighted by Gasteiger charge is 2.28. The number of nitrogens with one attached hydrogen (secondary N) is 1. The second kappa shape index (κ2) is 10.3. The third kappa shape index (κ3) is 7.33. The van der Waals surface area contributed by atoms with Crippen LogP contribution in [0.15, 0.2) is 46.9 Å². The van der Waals surface area contributed by atoms with Gasteiger partial charge in [-0.15, -0.1) is 0 Å². The van der Waals surface area contributed by atoms with E-state index in [0.717, 1.165) is 15.6 Å². The van der Waals surface area contributed by atoms with Crippen molar-refractivity contribution in [3.63, 3.8) is 0 Å². The molecule has 0 fully saturated rings. The Labute approximate surface area is 191 Å². The predicted molar refractivity (Wildman–Crippen MR) is 124 cm³/mol. The van der Waals surface area contributed by atoms with Crippen LogP contribution in [0, 0.1) is 6.92 Å². The van der Waals surface area contributed by atoms with Gasteiger partial charge in [-0.05, 0) is 76.1 Å². The SMILES string of the molecule is Cc1cc(OCC(=O)N(Cc2ccc(Br)cc2)[C@H](C)C(=O)NC(C)(C)C)ccc1Cl. The maximum atomic E-state index is 13.0. The zero-order valence-electron chi connectivity index (χ0n) is 18.0. The molecule has 0 saturated heterocycles. The summed E-state index contributed by atoms with van der Waals surface area (Å²) in [5.41, 5.74) is 1.39. The molecule has 0 aromatic heterocycles. The first-order chi connectivity index (χ1) is 14.0. The summed E-state index contributed by atoms with van der Waals surface area (Å²) in [7, 11) is 0. The van der Waals surface area contributed by atoms with E-state index in [4.69, 9.17) is 16.3 Å². The summed E-state index contributed by atoms with van der Waals surface area (Å²) in [6, 6.07) is 12.2. The quantitative estimate of drug-likeness (QED) is 0.580. The first-order valence-electron chi connectivity index (χ1n) is 9.71. The summed E-state index contributed by atoms with van der Waals surface area (Å²) in [5.74, 6) is 0.0676. The highest BCUT2D eigenvalue weighted by atomic mass is 79.9. The van der Waals surface area contributed by atoms with Crippen LogP contribution in [0.2, 0.25) is 5.02 Å². The minimum Gasteiger partial charge on any atom is -0.484 e. The summed E-state index contributed by atoms with van der Waals surface area (Å²) in [4.78, 5) is 27.3. The summed E-state index contributed by atoms with van der Waals surface area (Å²) in [6.07, 6.45) is 0. The van der Waals surface area contributed by atoms with Gasteiger partial charge in [0.2, 0.25) is 5.91 Å². The van der Waals surface area contributed by atoms with Crippen molar-refractivity contribution in [2.75, 3.05) is 6.61 Å². The smallest absolute Gasteiger partial charge is 0.261 e. The average Bonchev–Trinajstić information content (AvgIpc) is 2.66. The van der Waals surface area contributed by atoms with E-state index >= 15 is 0 Å². The van der Waals surface area contributed by atoms with Gasteiger partial charge in [0, 0.05) is 21.6 Å². The van der Waals surface area contributed by atoms with Gasteiger partial charge in [-0.1, -0.05) is 39.7 Å². The van der Waals surface area contributed by atoms with Crippen molar-refractivity contribution in [1.82, 2.24) is 10.2 Å². The Morgan fingerprint density at radius 3 is 2.37 bits per heavy atom. The molecule has 0 aliphatic heterocycles. The number of benzene rings is 2. The highest BCUT2D eigenvalue weighted by Crippen LogP contribution is 2.21. The maximum Gasteiger partial charge on any atom is 0.261 e. The number of hydrogen-bond acceptors (Lipinski definition) is 3. The minimum atomic E-state index is -0.657. The number of hydrogen-bond donors (Lipinski definition) is 1. The number of nitrogens with zero attached hydrogens (tertiary/aromatic N) is 1. The molecule has 2 rings (SSSR count). The summed E-state index contributed by atoms with van der Waals surface area (Å²) in [5, 5.41) is 3.58. The third-order valence-electron chi connectivity index (χ3n) is 4.42. The van der Waals surface area contributed by atoms with Crippen molar-refractivity contribution in [2.24, 2.45) is 0 Å². The normalized spacial score (nSPS) is 12.2. The maximum absolute atomic E-state index is 13.0. The molecule has 0 aliphatic carbocycles. The van der Waals surface area contributed by atoms with E-state index < -0.39 is 11.6 Å². The molecule has 2 aromatic rings. The standard InChI is InChI=1S/C23H28BrClN2O3/c1-15-12-19(10-11-20(15)25)30-14-21(28)27(13-17-6-8-18(24)9-7-17)16(2)22(29)26-23(3,4)5/h6-12,16H,13-14H2,1-5H3,(H,26,29)/t16-/m1/s1. The van der Waals surface area contributed by atoms with Gasteiger partial charge in [0.1, 0.15) is 11.8 Å². The van der Waals surface area contributed by atoms with Crippen molar-refractivity contribution < 1.29 is 14.3 Å². The van der Waals surface area contributed by atoms with E-state index in [1.807, 2.05) is 52.0 Å². The van der Waals surface area contributed by atoms with Gasteiger partial charge >= 0.3 is 0 Å². The number of halogens is 2. The fraction of sp³-hybridized carbons (Fsp3) is 0.391. The lowest BCUT2D eigenvalue weighted by atomic mass is 10.1. The van der Waals surface area contributed by atoms with Crippen LogP contribution in [-0.4, -0.2) is 34.9 Å². The second-order valence-corrected chi connectivity index (χ2v) is 9.59. The third-order valence-corrected chi connectivity index (χ3v) is 5.38. The molecular weight excluding hydrogens is 468 g/mol. The van der Waals surface area contributed by atoms with Crippen molar-refractivity contribution in [2.45, 2.75) is 52.7 Å². The molecule has 1 N–H and O–H groups in total. The lowest BCUT2D eigenvalue weighted by Gasteiger charge is -2.31. The van der Waals surface area contributed by atoms with Crippen molar-refractivity contribution in [3.8, 4) is 5.75 Å². The van der Waals surface area contributed by atoms with Crippen LogP contribution in [-0.2, 0) is 16.1 Å². The van der Waals surface area contributed by atoms with Crippen LogP contribution in [0.25, 0.3) is 0 Å². The summed E-state index contributed by atoms with van der Waals surface area (Å²) in [6.45, 7) is 9.44. The Hall–Kier alpha value is -2.05. The molecular formula is C23H28BrClN2O3. The molecule has 0 saturated carbocycles. The molecule has 0 radical (unpaired) electrons. The van der Waals surface area contributed by atoms with E-state index in [1.54, 1.807) is 25.1 Å². The predicted octanol–water partition coefficient (Wildman–Crippen LogP) is 5.12. The van der Waals surface area contributed by atoms with Gasteiger partial charge < -0.3 is 15.0 Å². The monoisotopic (exact) mass is 494 g/mol. The molecule has 0 heterocycles.